The first-order chi connectivity index (χ1) is 12.8. The minimum atomic E-state index is -3.49. The zero-order valence-electron chi connectivity index (χ0n) is 16.0. The molecule has 8 heteroatoms. The lowest BCUT2D eigenvalue weighted by Crippen LogP contribution is -2.29. The van der Waals surface area contributed by atoms with Crippen LogP contribution in [0.1, 0.15) is 24.6 Å². The molecule has 0 bridgehead atoms. The van der Waals surface area contributed by atoms with Gasteiger partial charge in [0.05, 0.1) is 11.4 Å². The van der Waals surface area contributed by atoms with Crippen molar-refractivity contribution in [3.63, 3.8) is 0 Å². The second-order valence-electron chi connectivity index (χ2n) is 6.50. The van der Waals surface area contributed by atoms with Crippen molar-refractivity contribution in [3.8, 4) is 0 Å². The van der Waals surface area contributed by atoms with Gasteiger partial charge in [0.15, 0.2) is 0 Å². The van der Waals surface area contributed by atoms with E-state index in [1.54, 1.807) is 30.5 Å². The van der Waals surface area contributed by atoms with E-state index in [1.807, 2.05) is 36.4 Å². The Labute approximate surface area is 165 Å². The molecule has 0 aliphatic carbocycles. The summed E-state index contributed by atoms with van der Waals surface area (Å²) in [6.45, 7) is 3.49. The molecule has 1 amide bonds. The first kappa shape index (κ1) is 21.6. The number of likely N-dealkylation sites (N-methyl/N-ethyl adjacent to an activating group) is 1. The molecule has 0 saturated heterocycles. The number of nitrogens with zero attached hydrogens (tertiary/aromatic N) is 2. The van der Waals surface area contributed by atoms with Crippen LogP contribution in [-0.4, -0.2) is 50.7 Å². The summed E-state index contributed by atoms with van der Waals surface area (Å²) in [5.41, 5.74) is 0.583. The zero-order chi connectivity index (χ0) is 19.9. The van der Waals surface area contributed by atoms with Crippen LogP contribution in [0.3, 0.4) is 0 Å². The van der Waals surface area contributed by atoms with Crippen LogP contribution in [-0.2, 0) is 21.4 Å². The number of carbonyl (C=O) groups excluding carboxylic acids is 1. The fourth-order valence-corrected chi connectivity index (χ4v) is 4.55. The monoisotopic (exact) mass is 409 g/mol. The molecule has 0 radical (unpaired) electrons. The Morgan fingerprint density at radius 1 is 1.15 bits per heavy atom. The van der Waals surface area contributed by atoms with Gasteiger partial charge in [-0.05, 0) is 49.2 Å². The van der Waals surface area contributed by atoms with Crippen molar-refractivity contribution >= 4 is 33.0 Å². The molecule has 0 saturated carbocycles. The number of anilines is 1. The number of carbonyl (C=O) groups is 1. The maximum Gasteiger partial charge on any atom is 0.242 e. The van der Waals surface area contributed by atoms with E-state index in [1.165, 1.54) is 21.3 Å². The van der Waals surface area contributed by atoms with Gasteiger partial charge in [-0.1, -0.05) is 19.4 Å². The number of hydrogen-bond acceptors (Lipinski definition) is 5. The Balaban J connectivity index is 1.91. The molecule has 0 spiro atoms. The number of benzene rings is 1. The molecule has 0 atom stereocenters. The molecule has 6 nitrogen and oxygen atoms in total. The van der Waals surface area contributed by atoms with Gasteiger partial charge < -0.3 is 5.32 Å². The van der Waals surface area contributed by atoms with E-state index in [2.05, 4.69) is 5.32 Å². The van der Waals surface area contributed by atoms with Gasteiger partial charge in [-0.3, -0.25) is 9.69 Å². The molecule has 0 fully saturated rings. The number of thiophene rings is 1. The lowest BCUT2D eigenvalue weighted by molar-refractivity contribution is -0.117. The quantitative estimate of drug-likeness (QED) is 0.654. The van der Waals surface area contributed by atoms with Crippen molar-refractivity contribution in [2.75, 3.05) is 32.5 Å². The minimum absolute atomic E-state index is 0.135. The van der Waals surface area contributed by atoms with Gasteiger partial charge in [0.2, 0.25) is 15.9 Å². The van der Waals surface area contributed by atoms with E-state index in [-0.39, 0.29) is 17.3 Å². The predicted octanol–water partition coefficient (Wildman–Crippen LogP) is 3.24. The summed E-state index contributed by atoms with van der Waals surface area (Å²) >= 11 is 1.66. The largest absolute Gasteiger partial charge is 0.325 e. The van der Waals surface area contributed by atoms with Crippen LogP contribution >= 0.6 is 11.3 Å². The minimum Gasteiger partial charge on any atom is -0.325 e. The average molecular weight is 410 g/mol. The van der Waals surface area contributed by atoms with Crippen LogP contribution in [0.5, 0.6) is 0 Å². The van der Waals surface area contributed by atoms with E-state index in [9.17, 15) is 13.2 Å². The number of unbranched alkanes of at least 4 members (excludes halogenated alkanes) is 1. The van der Waals surface area contributed by atoms with E-state index in [4.69, 9.17) is 0 Å². The van der Waals surface area contributed by atoms with Crippen molar-refractivity contribution in [3.05, 3.63) is 46.7 Å². The van der Waals surface area contributed by atoms with E-state index < -0.39 is 10.0 Å². The average Bonchev–Trinajstić information content (AvgIpc) is 3.12. The summed E-state index contributed by atoms with van der Waals surface area (Å²) in [4.78, 5) is 15.5. The third kappa shape index (κ3) is 6.42. The molecule has 1 aromatic heterocycles. The van der Waals surface area contributed by atoms with E-state index in [0.717, 1.165) is 12.8 Å². The number of sulfonamides is 1. The van der Waals surface area contributed by atoms with Crippen molar-refractivity contribution in [2.45, 2.75) is 31.2 Å². The highest BCUT2D eigenvalue weighted by atomic mass is 32.2. The van der Waals surface area contributed by atoms with Gasteiger partial charge in [0, 0.05) is 30.7 Å². The maximum absolute atomic E-state index is 12.5. The van der Waals surface area contributed by atoms with Gasteiger partial charge in [-0.15, -0.1) is 11.3 Å². The second kappa shape index (κ2) is 9.98. The molecule has 1 aromatic carbocycles. The van der Waals surface area contributed by atoms with Crippen LogP contribution in [0.15, 0.2) is 46.7 Å². The molecule has 0 unspecified atom stereocenters. The fraction of sp³-hybridized carbons (Fsp3) is 0.421. The van der Waals surface area contributed by atoms with Crippen LogP contribution in [0.4, 0.5) is 5.69 Å². The van der Waals surface area contributed by atoms with Crippen LogP contribution in [0, 0.1) is 0 Å². The van der Waals surface area contributed by atoms with Gasteiger partial charge in [-0.25, -0.2) is 12.7 Å². The molecule has 27 heavy (non-hydrogen) atoms. The Hall–Kier alpha value is -1.74. The Morgan fingerprint density at radius 2 is 1.85 bits per heavy atom. The summed E-state index contributed by atoms with van der Waals surface area (Å²) < 4.78 is 26.4. The molecule has 0 aliphatic heterocycles. The summed E-state index contributed by atoms with van der Waals surface area (Å²) in [7, 11) is -0.0136. The molecular weight excluding hydrogens is 382 g/mol. The highest BCUT2D eigenvalue weighted by Gasteiger charge is 2.20. The normalized spacial score (nSPS) is 11.9. The maximum atomic E-state index is 12.5. The van der Waals surface area contributed by atoms with Gasteiger partial charge >= 0.3 is 0 Å². The number of rotatable bonds is 10. The Kier molecular flexibility index (Phi) is 7.97. The summed E-state index contributed by atoms with van der Waals surface area (Å²) in [6, 6.07) is 10.3. The highest BCUT2D eigenvalue weighted by molar-refractivity contribution is 7.89. The fourth-order valence-electron chi connectivity index (χ4n) is 2.56. The number of hydrogen-bond donors (Lipinski definition) is 1. The van der Waals surface area contributed by atoms with Crippen molar-refractivity contribution in [1.82, 2.24) is 9.21 Å². The predicted molar refractivity (Wildman–Crippen MR) is 110 cm³/mol. The topological polar surface area (TPSA) is 69.7 Å². The van der Waals surface area contributed by atoms with Crippen molar-refractivity contribution in [2.24, 2.45) is 0 Å². The Morgan fingerprint density at radius 3 is 2.44 bits per heavy atom. The van der Waals surface area contributed by atoms with Crippen molar-refractivity contribution in [1.29, 1.82) is 0 Å². The van der Waals surface area contributed by atoms with Crippen molar-refractivity contribution < 1.29 is 13.2 Å². The summed E-state index contributed by atoms with van der Waals surface area (Å²) in [5.74, 6) is -0.135. The van der Waals surface area contributed by atoms with E-state index in [0.29, 0.717) is 18.8 Å². The molecule has 2 aromatic rings. The third-order valence-electron chi connectivity index (χ3n) is 4.09. The molecule has 0 aliphatic rings. The van der Waals surface area contributed by atoms with Crippen LogP contribution in [0.25, 0.3) is 0 Å². The zero-order valence-corrected chi connectivity index (χ0v) is 17.6. The Bertz CT molecular complexity index is 818. The molecule has 2 rings (SSSR count). The lowest BCUT2D eigenvalue weighted by atomic mass is 10.3. The second-order valence-corrected chi connectivity index (χ2v) is 9.58. The molecule has 1 N–H and O–H groups in total. The van der Waals surface area contributed by atoms with Gasteiger partial charge in [-0.2, -0.15) is 0 Å². The number of nitrogens with one attached hydrogen (secondary N) is 1. The third-order valence-corrected chi connectivity index (χ3v) is 6.82. The summed E-state index contributed by atoms with van der Waals surface area (Å²) in [5, 5.41) is 4.82. The highest BCUT2D eigenvalue weighted by Crippen LogP contribution is 2.18. The molecule has 1 heterocycles. The van der Waals surface area contributed by atoms with Gasteiger partial charge in [0.25, 0.3) is 0 Å². The first-order valence-electron chi connectivity index (χ1n) is 8.90. The SMILES string of the molecule is CCCCN(C)S(=O)(=O)c1ccc(NC(=O)CN(C)Cc2cccs2)cc1. The first-order valence-corrected chi connectivity index (χ1v) is 11.2. The smallest absolute Gasteiger partial charge is 0.242 e. The molecule has 148 valence electrons. The van der Waals surface area contributed by atoms with E-state index >= 15 is 0 Å². The van der Waals surface area contributed by atoms with Gasteiger partial charge in [0.1, 0.15) is 0 Å². The van der Waals surface area contributed by atoms with Crippen LogP contribution < -0.4 is 5.32 Å². The molecular formula is C19H27N3O3S2. The standard InChI is InChI=1S/C19H27N3O3S2/c1-4-5-12-22(3)27(24,25)18-10-8-16(9-11-18)20-19(23)15-21(2)14-17-7-6-13-26-17/h6-11,13H,4-5,12,14-15H2,1-3H3,(H,20,23). The van der Waals surface area contributed by atoms with Crippen LogP contribution in [0.2, 0.25) is 0 Å². The lowest BCUT2D eigenvalue weighted by Gasteiger charge is -2.17. The number of amides is 1. The summed E-state index contributed by atoms with van der Waals surface area (Å²) in [6.07, 6.45) is 1.76.